The van der Waals surface area contributed by atoms with Gasteiger partial charge in [-0.2, -0.15) is 0 Å². The first kappa shape index (κ1) is 17.8. The molecule has 0 aliphatic heterocycles. The van der Waals surface area contributed by atoms with Gasteiger partial charge in [-0.3, -0.25) is 0 Å². The lowest BCUT2D eigenvalue weighted by molar-refractivity contribution is -0.183. The van der Waals surface area contributed by atoms with Crippen LogP contribution in [0.25, 0.3) is 0 Å². The number of carbonyl (C=O) groups excluding carboxylic acids is 1. The third kappa shape index (κ3) is 3.00. The summed E-state index contributed by atoms with van der Waals surface area (Å²) >= 11 is 0. The number of aryl methyl sites for hydroxylation is 2. The minimum absolute atomic E-state index is 0.0844. The van der Waals surface area contributed by atoms with Crippen molar-refractivity contribution in [3.05, 3.63) is 34.9 Å². The van der Waals surface area contributed by atoms with Crippen LogP contribution in [0.4, 0.5) is 4.79 Å². The number of hydrogen-bond acceptors (Lipinski definition) is 3. The van der Waals surface area contributed by atoms with Gasteiger partial charge in [0.05, 0.1) is 0 Å². The molecule has 0 aromatic heterocycles. The molecule has 5 nitrogen and oxygen atoms in total. The molecule has 1 aromatic rings. The number of amides is 1. The molecule has 25 heavy (non-hydrogen) atoms. The second-order valence-electron chi connectivity index (χ2n) is 8.91. The van der Waals surface area contributed by atoms with Crippen LogP contribution in [0.15, 0.2) is 18.2 Å². The van der Waals surface area contributed by atoms with Crippen molar-refractivity contribution in [1.82, 2.24) is 5.32 Å². The Hall–Kier alpha value is -2.04. The van der Waals surface area contributed by atoms with Gasteiger partial charge in [-0.05, 0) is 70.4 Å². The average Bonchev–Trinajstić information content (AvgIpc) is 2.34. The van der Waals surface area contributed by atoms with Gasteiger partial charge in [-0.25, -0.2) is 9.59 Å². The zero-order chi connectivity index (χ0) is 18.6. The zero-order valence-corrected chi connectivity index (χ0v) is 15.6. The van der Waals surface area contributed by atoms with E-state index in [1.807, 2.05) is 0 Å². The summed E-state index contributed by atoms with van der Waals surface area (Å²) in [6.45, 7) is 9.48. The Morgan fingerprint density at radius 3 is 2.28 bits per heavy atom. The number of carbonyl (C=O) groups is 2. The van der Waals surface area contributed by atoms with E-state index in [1.54, 1.807) is 20.8 Å². The van der Waals surface area contributed by atoms with Crippen LogP contribution in [-0.4, -0.2) is 28.8 Å². The van der Waals surface area contributed by atoms with Crippen LogP contribution in [0.5, 0.6) is 0 Å². The molecule has 1 atom stereocenters. The predicted octanol–water partition coefficient (Wildman–Crippen LogP) is 3.70. The summed E-state index contributed by atoms with van der Waals surface area (Å²) in [7, 11) is 0. The lowest BCUT2D eigenvalue weighted by Crippen LogP contribution is -2.73. The van der Waals surface area contributed by atoms with Gasteiger partial charge in [-0.15, -0.1) is 0 Å². The summed E-state index contributed by atoms with van der Waals surface area (Å²) in [5, 5.41) is 12.2. The summed E-state index contributed by atoms with van der Waals surface area (Å²) in [6, 6.07) is 5.57. The summed E-state index contributed by atoms with van der Waals surface area (Å²) in [4.78, 5) is 23.8. The topological polar surface area (TPSA) is 75.6 Å². The highest BCUT2D eigenvalue weighted by Gasteiger charge is 2.72. The van der Waals surface area contributed by atoms with Crippen molar-refractivity contribution in [2.75, 3.05) is 0 Å². The molecule has 3 fully saturated rings. The Morgan fingerprint density at radius 2 is 1.80 bits per heavy atom. The molecule has 5 heteroatoms. The van der Waals surface area contributed by atoms with E-state index in [9.17, 15) is 14.7 Å². The van der Waals surface area contributed by atoms with E-state index in [4.69, 9.17) is 4.74 Å². The number of nitrogens with one attached hydrogen (secondary N) is 1. The van der Waals surface area contributed by atoms with Gasteiger partial charge in [-0.1, -0.05) is 23.8 Å². The molecule has 0 saturated heterocycles. The third-order valence-electron chi connectivity index (χ3n) is 5.55. The van der Waals surface area contributed by atoms with Crippen molar-refractivity contribution in [3.8, 4) is 0 Å². The van der Waals surface area contributed by atoms with Crippen LogP contribution in [-0.2, 0) is 14.9 Å². The van der Waals surface area contributed by atoms with Crippen molar-refractivity contribution in [3.63, 3.8) is 0 Å². The van der Waals surface area contributed by atoms with Crippen LogP contribution >= 0.6 is 0 Å². The zero-order valence-electron chi connectivity index (χ0n) is 15.6. The highest BCUT2D eigenvalue weighted by atomic mass is 16.6. The molecule has 4 rings (SSSR count). The van der Waals surface area contributed by atoms with Gasteiger partial charge in [0.15, 0.2) is 0 Å². The highest BCUT2D eigenvalue weighted by Crippen LogP contribution is 2.75. The summed E-state index contributed by atoms with van der Waals surface area (Å²) in [5.74, 6) is -0.986. The molecule has 3 saturated carbocycles. The van der Waals surface area contributed by atoms with Gasteiger partial charge in [0.1, 0.15) is 11.6 Å². The SMILES string of the molecule is Cc1ccc(C23CC(C(NC(=O)OC(C)(C)C)C(=O)O)(C2)C3)c(C)c1. The van der Waals surface area contributed by atoms with E-state index in [0.717, 1.165) is 19.3 Å². The number of aliphatic carboxylic acids is 1. The van der Waals surface area contributed by atoms with Gasteiger partial charge < -0.3 is 15.2 Å². The Morgan fingerprint density at radius 1 is 1.20 bits per heavy atom. The van der Waals surface area contributed by atoms with E-state index in [-0.39, 0.29) is 10.8 Å². The first-order valence-corrected chi connectivity index (χ1v) is 8.77. The molecule has 0 spiro atoms. The van der Waals surface area contributed by atoms with Crippen molar-refractivity contribution in [2.45, 2.75) is 70.9 Å². The molecular weight excluding hydrogens is 318 g/mol. The minimum atomic E-state index is -0.986. The van der Waals surface area contributed by atoms with E-state index in [2.05, 4.69) is 37.4 Å². The molecule has 136 valence electrons. The summed E-state index contributed by atoms with van der Waals surface area (Å²) in [6.07, 6.45) is 1.74. The standard InChI is InChI=1S/C20H27NO4/c1-12-6-7-14(13(2)8-12)19-9-20(10-19,11-19)15(16(22)23)21-17(24)25-18(3,4)5/h6-8,15H,9-11H2,1-5H3,(H,21,24)(H,22,23). The first-order valence-electron chi connectivity index (χ1n) is 8.77. The van der Waals surface area contributed by atoms with E-state index in [1.165, 1.54) is 16.7 Å². The van der Waals surface area contributed by atoms with Crippen molar-refractivity contribution in [1.29, 1.82) is 0 Å². The second kappa shape index (κ2) is 5.48. The maximum Gasteiger partial charge on any atom is 0.408 e. The largest absolute Gasteiger partial charge is 0.480 e. The predicted molar refractivity (Wildman–Crippen MR) is 94.7 cm³/mol. The summed E-state index contributed by atoms with van der Waals surface area (Å²) < 4.78 is 5.23. The molecule has 3 aliphatic carbocycles. The lowest BCUT2D eigenvalue weighted by atomic mass is 9.31. The number of hydrogen-bond donors (Lipinski definition) is 2. The van der Waals surface area contributed by atoms with Gasteiger partial charge in [0, 0.05) is 5.41 Å². The Labute approximate surface area is 148 Å². The number of rotatable bonds is 4. The molecule has 2 N–H and O–H groups in total. The maximum absolute atomic E-state index is 12.0. The van der Waals surface area contributed by atoms with Gasteiger partial charge in [0.2, 0.25) is 0 Å². The van der Waals surface area contributed by atoms with Crippen molar-refractivity contribution in [2.24, 2.45) is 5.41 Å². The molecule has 1 unspecified atom stereocenters. The number of carboxylic acid groups (broad SMARTS) is 1. The van der Waals surface area contributed by atoms with E-state index >= 15 is 0 Å². The molecule has 1 aromatic carbocycles. The molecule has 1 amide bonds. The first-order chi connectivity index (χ1) is 11.5. The Kier molecular flexibility index (Phi) is 3.90. The molecule has 0 radical (unpaired) electrons. The van der Waals surface area contributed by atoms with Crippen molar-refractivity contribution >= 4 is 12.1 Å². The van der Waals surface area contributed by atoms with E-state index in [0.29, 0.717) is 0 Å². The van der Waals surface area contributed by atoms with Crippen LogP contribution in [0.1, 0.15) is 56.7 Å². The fraction of sp³-hybridized carbons (Fsp3) is 0.600. The van der Waals surface area contributed by atoms with E-state index < -0.39 is 23.7 Å². The normalized spacial score (nSPS) is 28.4. The number of carboxylic acids is 1. The van der Waals surface area contributed by atoms with Crippen molar-refractivity contribution < 1.29 is 19.4 Å². The fourth-order valence-electron chi connectivity index (χ4n) is 4.77. The number of ether oxygens (including phenoxy) is 1. The van der Waals surface area contributed by atoms with Crippen LogP contribution in [0.3, 0.4) is 0 Å². The third-order valence-corrected chi connectivity index (χ3v) is 5.55. The quantitative estimate of drug-likeness (QED) is 0.872. The maximum atomic E-state index is 12.0. The number of benzene rings is 1. The molecule has 0 heterocycles. The summed E-state index contributed by atoms with van der Waals surface area (Å²) in [5.41, 5.74) is 2.91. The average molecular weight is 345 g/mol. The van der Waals surface area contributed by atoms with Gasteiger partial charge >= 0.3 is 12.1 Å². The highest BCUT2D eigenvalue weighted by molar-refractivity contribution is 5.82. The minimum Gasteiger partial charge on any atom is -0.480 e. The Bertz CT molecular complexity index is 712. The lowest BCUT2D eigenvalue weighted by Gasteiger charge is -2.73. The van der Waals surface area contributed by atoms with Crippen LogP contribution < -0.4 is 5.32 Å². The number of alkyl carbamates (subject to hydrolysis) is 1. The van der Waals surface area contributed by atoms with Gasteiger partial charge in [0.25, 0.3) is 0 Å². The smallest absolute Gasteiger partial charge is 0.408 e. The second-order valence-corrected chi connectivity index (χ2v) is 8.91. The molecular formula is C20H27NO4. The molecule has 3 aliphatic rings. The van der Waals surface area contributed by atoms with Crippen LogP contribution in [0, 0.1) is 19.3 Å². The monoisotopic (exact) mass is 345 g/mol. The molecule has 2 bridgehead atoms. The fourth-order valence-corrected chi connectivity index (χ4v) is 4.77. The van der Waals surface area contributed by atoms with Crippen LogP contribution in [0.2, 0.25) is 0 Å². The Balaban J connectivity index is 1.71.